The summed E-state index contributed by atoms with van der Waals surface area (Å²) in [5, 5.41) is 1.54. The Hall–Kier alpha value is -1.40. The summed E-state index contributed by atoms with van der Waals surface area (Å²) in [5.74, 6) is -0.494. The maximum atomic E-state index is 12.2. The van der Waals surface area contributed by atoms with Gasteiger partial charge in [-0.2, -0.15) is 0 Å². The monoisotopic (exact) mass is 254 g/mol. The molecule has 1 aliphatic heterocycles. The summed E-state index contributed by atoms with van der Waals surface area (Å²) in [6, 6.07) is 4.95. The Bertz CT molecular complexity index is 566. The van der Waals surface area contributed by atoms with Crippen molar-refractivity contribution >= 4 is 21.4 Å². The van der Waals surface area contributed by atoms with Crippen molar-refractivity contribution in [3.8, 4) is 0 Å². The Labute approximate surface area is 99.9 Å². The van der Waals surface area contributed by atoms with E-state index < -0.39 is 21.0 Å². The maximum Gasteiger partial charge on any atom is 0.243 e. The van der Waals surface area contributed by atoms with Gasteiger partial charge in [0.2, 0.25) is 5.91 Å². The molecular formula is C11H14N2O3S. The minimum atomic E-state index is -3.61. The van der Waals surface area contributed by atoms with Crippen molar-refractivity contribution in [3.05, 3.63) is 23.8 Å². The molecule has 1 heterocycles. The zero-order valence-corrected chi connectivity index (χ0v) is 10.3. The topological polar surface area (TPSA) is 89.3 Å². The zero-order chi connectivity index (χ0) is 12.6. The molecule has 6 heteroatoms. The number of nitrogens with two attached hydrogens (primary N) is 1. The van der Waals surface area contributed by atoms with Crippen molar-refractivity contribution in [1.29, 1.82) is 0 Å². The highest BCUT2D eigenvalue weighted by molar-refractivity contribution is 7.93. The van der Waals surface area contributed by atoms with Gasteiger partial charge in [-0.25, -0.2) is 8.42 Å². The molecule has 17 heavy (non-hydrogen) atoms. The average molecular weight is 254 g/mol. The zero-order valence-electron chi connectivity index (χ0n) is 9.43. The second-order valence-corrected chi connectivity index (χ2v) is 6.20. The molecule has 0 bridgehead atoms. The van der Waals surface area contributed by atoms with Crippen LogP contribution in [-0.4, -0.2) is 26.1 Å². The van der Waals surface area contributed by atoms with E-state index in [4.69, 9.17) is 5.73 Å². The molecule has 1 aromatic rings. The fourth-order valence-corrected chi connectivity index (χ4v) is 3.78. The van der Waals surface area contributed by atoms with E-state index in [0.29, 0.717) is 5.69 Å². The van der Waals surface area contributed by atoms with E-state index in [0.717, 1.165) is 5.56 Å². The van der Waals surface area contributed by atoms with Gasteiger partial charge < -0.3 is 11.1 Å². The maximum absolute atomic E-state index is 12.2. The van der Waals surface area contributed by atoms with Gasteiger partial charge in [-0.15, -0.1) is 0 Å². The minimum Gasteiger partial charge on any atom is -0.330 e. The third kappa shape index (κ3) is 1.94. The third-order valence-corrected chi connectivity index (χ3v) is 4.95. The summed E-state index contributed by atoms with van der Waals surface area (Å²) in [4.78, 5) is 11.9. The lowest BCUT2D eigenvalue weighted by Gasteiger charge is -2.24. The molecule has 0 aliphatic carbocycles. The fourth-order valence-electron chi connectivity index (χ4n) is 1.91. The van der Waals surface area contributed by atoms with Crippen LogP contribution in [0.2, 0.25) is 0 Å². The van der Waals surface area contributed by atoms with Gasteiger partial charge in [-0.1, -0.05) is 6.07 Å². The number of sulfone groups is 1. The van der Waals surface area contributed by atoms with Crippen LogP contribution < -0.4 is 11.1 Å². The minimum absolute atomic E-state index is 0.140. The van der Waals surface area contributed by atoms with Crippen molar-refractivity contribution < 1.29 is 13.2 Å². The summed E-state index contributed by atoms with van der Waals surface area (Å²) >= 11 is 0. The fraction of sp³-hybridized carbons (Fsp3) is 0.364. The summed E-state index contributed by atoms with van der Waals surface area (Å²) in [5.41, 5.74) is 6.55. The first-order valence-corrected chi connectivity index (χ1v) is 6.87. The van der Waals surface area contributed by atoms with Crippen molar-refractivity contribution in [1.82, 2.24) is 0 Å². The summed E-state index contributed by atoms with van der Waals surface area (Å²) in [6.07, 6.45) is 0.140. The van der Waals surface area contributed by atoms with E-state index in [1.54, 1.807) is 18.2 Å². The lowest BCUT2D eigenvalue weighted by Crippen LogP contribution is -2.41. The number of hydrogen-bond acceptors (Lipinski definition) is 4. The van der Waals surface area contributed by atoms with E-state index in [1.165, 1.54) is 0 Å². The van der Waals surface area contributed by atoms with Crippen molar-refractivity contribution in [2.75, 3.05) is 11.9 Å². The van der Waals surface area contributed by atoms with Crippen LogP contribution >= 0.6 is 0 Å². The predicted octanol–water partition coefficient (Wildman–Crippen LogP) is 0.438. The quantitative estimate of drug-likeness (QED) is 0.801. The molecule has 1 amide bonds. The predicted molar refractivity (Wildman–Crippen MR) is 64.5 cm³/mol. The molecule has 0 radical (unpaired) electrons. The molecule has 3 N–H and O–H groups in total. The van der Waals surface area contributed by atoms with Crippen LogP contribution in [0.4, 0.5) is 5.69 Å². The van der Waals surface area contributed by atoms with Gasteiger partial charge in [0.25, 0.3) is 0 Å². The summed E-state index contributed by atoms with van der Waals surface area (Å²) in [6.45, 7) is 1.97. The number of amides is 1. The highest BCUT2D eigenvalue weighted by Crippen LogP contribution is 2.32. The number of hydrogen-bond donors (Lipinski definition) is 2. The number of aryl methyl sites for hydroxylation is 1. The smallest absolute Gasteiger partial charge is 0.243 e. The largest absolute Gasteiger partial charge is 0.330 e. The standard InChI is InChI=1S/C11H14N2O3S/c1-7-2-3-8-10(6-7)17(15,16)9(4-5-12)11(14)13-8/h2-3,6,9H,4-5,12H2,1H3,(H,13,14). The third-order valence-electron chi connectivity index (χ3n) is 2.80. The molecule has 0 saturated carbocycles. The number of fused-ring (bicyclic) bond motifs is 1. The van der Waals surface area contributed by atoms with Gasteiger partial charge in [0, 0.05) is 0 Å². The highest BCUT2D eigenvalue weighted by atomic mass is 32.2. The molecule has 1 aliphatic rings. The Balaban J connectivity index is 2.59. The molecule has 0 aromatic heterocycles. The van der Waals surface area contributed by atoms with Crippen LogP contribution in [0, 0.1) is 6.92 Å². The van der Waals surface area contributed by atoms with Crippen LogP contribution in [0.15, 0.2) is 23.1 Å². The van der Waals surface area contributed by atoms with Gasteiger partial charge in [-0.3, -0.25) is 4.79 Å². The van der Waals surface area contributed by atoms with E-state index in [2.05, 4.69) is 5.32 Å². The highest BCUT2D eigenvalue weighted by Gasteiger charge is 2.39. The Morgan fingerprint density at radius 2 is 2.12 bits per heavy atom. The van der Waals surface area contributed by atoms with E-state index in [-0.39, 0.29) is 17.9 Å². The number of benzene rings is 1. The Kier molecular flexibility index (Phi) is 2.92. The lowest BCUT2D eigenvalue weighted by atomic mass is 10.2. The molecular weight excluding hydrogens is 240 g/mol. The van der Waals surface area contributed by atoms with Crippen LogP contribution in [0.5, 0.6) is 0 Å². The molecule has 5 nitrogen and oxygen atoms in total. The SMILES string of the molecule is Cc1ccc2c(c1)S(=O)(=O)C(CCN)C(=O)N2. The number of carbonyl (C=O) groups excluding carboxylic acids is 1. The molecule has 92 valence electrons. The van der Waals surface area contributed by atoms with E-state index in [9.17, 15) is 13.2 Å². The van der Waals surface area contributed by atoms with Gasteiger partial charge in [0.15, 0.2) is 9.84 Å². The number of carbonyl (C=O) groups is 1. The average Bonchev–Trinajstić information content (AvgIpc) is 2.26. The van der Waals surface area contributed by atoms with Gasteiger partial charge in [-0.05, 0) is 37.6 Å². The number of rotatable bonds is 2. The second kappa shape index (κ2) is 4.12. The first-order chi connectivity index (χ1) is 7.96. The molecule has 0 saturated heterocycles. The van der Waals surface area contributed by atoms with Gasteiger partial charge >= 0.3 is 0 Å². The van der Waals surface area contributed by atoms with Crippen molar-refractivity contribution in [3.63, 3.8) is 0 Å². The molecule has 0 spiro atoms. The van der Waals surface area contributed by atoms with Crippen LogP contribution in [0.1, 0.15) is 12.0 Å². The van der Waals surface area contributed by atoms with Crippen LogP contribution in [0.3, 0.4) is 0 Å². The molecule has 1 atom stereocenters. The van der Waals surface area contributed by atoms with Crippen LogP contribution in [0.25, 0.3) is 0 Å². The Morgan fingerprint density at radius 3 is 2.76 bits per heavy atom. The van der Waals surface area contributed by atoms with Crippen LogP contribution in [-0.2, 0) is 14.6 Å². The van der Waals surface area contributed by atoms with Gasteiger partial charge in [0.1, 0.15) is 5.25 Å². The molecule has 1 aromatic carbocycles. The Morgan fingerprint density at radius 1 is 1.41 bits per heavy atom. The van der Waals surface area contributed by atoms with Crippen molar-refractivity contribution in [2.24, 2.45) is 5.73 Å². The van der Waals surface area contributed by atoms with Gasteiger partial charge in [0.05, 0.1) is 10.6 Å². The molecule has 0 fully saturated rings. The first kappa shape index (κ1) is 12.1. The van der Waals surface area contributed by atoms with Crippen molar-refractivity contribution in [2.45, 2.75) is 23.5 Å². The summed E-state index contributed by atoms with van der Waals surface area (Å²) in [7, 11) is -3.61. The summed E-state index contributed by atoms with van der Waals surface area (Å²) < 4.78 is 24.5. The van der Waals surface area contributed by atoms with E-state index in [1.807, 2.05) is 6.92 Å². The molecule has 2 rings (SSSR count). The number of anilines is 1. The molecule has 1 unspecified atom stereocenters. The second-order valence-electron chi connectivity index (χ2n) is 4.10. The normalized spacial score (nSPS) is 21.8. The van der Waals surface area contributed by atoms with E-state index >= 15 is 0 Å². The first-order valence-electron chi connectivity index (χ1n) is 5.32. The lowest BCUT2D eigenvalue weighted by molar-refractivity contribution is -0.116. The number of nitrogens with one attached hydrogen (secondary N) is 1.